The van der Waals surface area contributed by atoms with E-state index in [9.17, 15) is 0 Å². The summed E-state index contributed by atoms with van der Waals surface area (Å²) in [6.45, 7) is 7.79. The van der Waals surface area contributed by atoms with Crippen LogP contribution in [0.3, 0.4) is 0 Å². The molecule has 2 aliphatic rings. The fourth-order valence-electron chi connectivity index (χ4n) is 1.85. The number of hydrogen-bond acceptors (Lipinski definition) is 3. The standard InChI is InChI=1S/C9H17N3/c1-7-3-4-12(6-7)9-10-5-8(2)11-9/h7-8H,3-6H2,1-2H3,(H,10,11). The predicted octanol–water partition coefficient (Wildman–Crippen LogP) is 0.676. The lowest BCUT2D eigenvalue weighted by molar-refractivity contribution is 0.477. The summed E-state index contributed by atoms with van der Waals surface area (Å²) in [6, 6.07) is 0.538. The third kappa shape index (κ3) is 1.40. The Morgan fingerprint density at radius 2 is 2.33 bits per heavy atom. The first kappa shape index (κ1) is 7.90. The molecule has 0 radical (unpaired) electrons. The molecule has 2 unspecified atom stereocenters. The normalized spacial score (nSPS) is 35.2. The summed E-state index contributed by atoms with van der Waals surface area (Å²) in [4.78, 5) is 6.83. The summed E-state index contributed by atoms with van der Waals surface area (Å²) in [5.41, 5.74) is 0. The van der Waals surface area contributed by atoms with Crippen molar-refractivity contribution in [3.63, 3.8) is 0 Å². The van der Waals surface area contributed by atoms with Crippen LogP contribution in [-0.2, 0) is 0 Å². The molecule has 12 heavy (non-hydrogen) atoms. The first-order chi connectivity index (χ1) is 5.75. The van der Waals surface area contributed by atoms with E-state index < -0.39 is 0 Å². The Kier molecular flexibility index (Phi) is 1.95. The largest absolute Gasteiger partial charge is 0.352 e. The summed E-state index contributed by atoms with van der Waals surface area (Å²) in [6.07, 6.45) is 1.31. The summed E-state index contributed by atoms with van der Waals surface area (Å²) >= 11 is 0. The SMILES string of the molecule is CC1CCN(C2=NCC(C)N2)C1. The molecule has 2 heterocycles. The van der Waals surface area contributed by atoms with Gasteiger partial charge in [-0.2, -0.15) is 0 Å². The molecule has 2 atom stereocenters. The second kappa shape index (κ2) is 2.96. The monoisotopic (exact) mass is 167 g/mol. The van der Waals surface area contributed by atoms with Gasteiger partial charge in [0.25, 0.3) is 0 Å². The van der Waals surface area contributed by atoms with E-state index in [4.69, 9.17) is 0 Å². The number of hydrogen-bond donors (Lipinski definition) is 1. The van der Waals surface area contributed by atoms with Crippen molar-refractivity contribution in [3.05, 3.63) is 0 Å². The van der Waals surface area contributed by atoms with Gasteiger partial charge in [-0.05, 0) is 19.3 Å². The van der Waals surface area contributed by atoms with Crippen molar-refractivity contribution in [2.45, 2.75) is 26.3 Å². The Bertz CT molecular complexity index is 200. The van der Waals surface area contributed by atoms with Crippen LogP contribution in [-0.4, -0.2) is 36.5 Å². The predicted molar refractivity (Wildman–Crippen MR) is 50.3 cm³/mol. The van der Waals surface area contributed by atoms with Crippen LogP contribution in [0.1, 0.15) is 20.3 Å². The fraction of sp³-hybridized carbons (Fsp3) is 0.889. The van der Waals surface area contributed by atoms with E-state index in [2.05, 4.69) is 29.1 Å². The van der Waals surface area contributed by atoms with Crippen LogP contribution < -0.4 is 5.32 Å². The third-order valence-corrected chi connectivity index (χ3v) is 2.61. The van der Waals surface area contributed by atoms with Crippen LogP contribution in [0.25, 0.3) is 0 Å². The molecule has 1 N–H and O–H groups in total. The first-order valence-corrected chi connectivity index (χ1v) is 4.81. The molecule has 0 aromatic heterocycles. The van der Waals surface area contributed by atoms with E-state index in [-0.39, 0.29) is 0 Å². The Labute approximate surface area is 73.9 Å². The second-order valence-corrected chi connectivity index (χ2v) is 4.05. The Balaban J connectivity index is 1.93. The number of aliphatic imine (C=N–C) groups is 1. The second-order valence-electron chi connectivity index (χ2n) is 4.05. The molecular weight excluding hydrogens is 150 g/mol. The maximum absolute atomic E-state index is 4.46. The topological polar surface area (TPSA) is 27.6 Å². The first-order valence-electron chi connectivity index (χ1n) is 4.81. The highest BCUT2D eigenvalue weighted by Gasteiger charge is 2.24. The van der Waals surface area contributed by atoms with Crippen molar-refractivity contribution >= 4 is 5.96 Å². The quantitative estimate of drug-likeness (QED) is 0.574. The van der Waals surface area contributed by atoms with Gasteiger partial charge in [0.2, 0.25) is 0 Å². The molecule has 0 saturated carbocycles. The lowest BCUT2D eigenvalue weighted by Crippen LogP contribution is -2.39. The van der Waals surface area contributed by atoms with Crippen LogP contribution in [0.4, 0.5) is 0 Å². The average Bonchev–Trinajstić information content (AvgIpc) is 2.58. The zero-order chi connectivity index (χ0) is 8.55. The van der Waals surface area contributed by atoms with Crippen molar-refractivity contribution < 1.29 is 0 Å². The Morgan fingerprint density at radius 3 is 2.83 bits per heavy atom. The van der Waals surface area contributed by atoms with Crippen LogP contribution in [0.15, 0.2) is 4.99 Å². The summed E-state index contributed by atoms with van der Waals surface area (Å²) in [5.74, 6) is 1.97. The highest BCUT2D eigenvalue weighted by atomic mass is 15.3. The van der Waals surface area contributed by atoms with E-state index in [1.54, 1.807) is 0 Å². The molecule has 2 rings (SSSR count). The van der Waals surface area contributed by atoms with E-state index in [0.29, 0.717) is 6.04 Å². The zero-order valence-corrected chi connectivity index (χ0v) is 7.88. The number of likely N-dealkylation sites (tertiary alicyclic amines) is 1. The van der Waals surface area contributed by atoms with Crippen molar-refractivity contribution in [1.82, 2.24) is 10.2 Å². The van der Waals surface area contributed by atoms with Gasteiger partial charge >= 0.3 is 0 Å². The lowest BCUT2D eigenvalue weighted by atomic mass is 10.2. The van der Waals surface area contributed by atoms with Gasteiger partial charge in [0.05, 0.1) is 6.54 Å². The van der Waals surface area contributed by atoms with Gasteiger partial charge in [-0.25, -0.2) is 0 Å². The summed E-state index contributed by atoms with van der Waals surface area (Å²) in [7, 11) is 0. The summed E-state index contributed by atoms with van der Waals surface area (Å²) in [5, 5.41) is 3.39. The zero-order valence-electron chi connectivity index (χ0n) is 7.88. The molecule has 0 aromatic carbocycles. The molecule has 0 spiro atoms. The van der Waals surface area contributed by atoms with Gasteiger partial charge in [0.15, 0.2) is 5.96 Å². The van der Waals surface area contributed by atoms with Crippen molar-refractivity contribution in [3.8, 4) is 0 Å². The number of rotatable bonds is 0. The van der Waals surface area contributed by atoms with Crippen molar-refractivity contribution in [2.75, 3.05) is 19.6 Å². The van der Waals surface area contributed by atoms with E-state index in [0.717, 1.165) is 18.4 Å². The van der Waals surface area contributed by atoms with Crippen LogP contribution >= 0.6 is 0 Å². The minimum atomic E-state index is 0.538. The maximum atomic E-state index is 4.46. The van der Waals surface area contributed by atoms with E-state index >= 15 is 0 Å². The van der Waals surface area contributed by atoms with E-state index in [1.807, 2.05) is 0 Å². The minimum Gasteiger partial charge on any atom is -0.352 e. The fourth-order valence-corrected chi connectivity index (χ4v) is 1.85. The van der Waals surface area contributed by atoms with Gasteiger partial charge in [-0.15, -0.1) is 0 Å². The van der Waals surface area contributed by atoms with Gasteiger partial charge in [0, 0.05) is 19.1 Å². The molecule has 0 bridgehead atoms. The number of guanidine groups is 1. The van der Waals surface area contributed by atoms with Crippen LogP contribution in [0, 0.1) is 5.92 Å². The van der Waals surface area contributed by atoms with Crippen LogP contribution in [0.5, 0.6) is 0 Å². The molecule has 0 amide bonds. The third-order valence-electron chi connectivity index (χ3n) is 2.61. The number of nitrogens with zero attached hydrogens (tertiary/aromatic N) is 2. The molecule has 1 fully saturated rings. The molecule has 0 aromatic rings. The van der Waals surface area contributed by atoms with Crippen LogP contribution in [0.2, 0.25) is 0 Å². The number of nitrogens with one attached hydrogen (secondary N) is 1. The van der Waals surface area contributed by atoms with Crippen molar-refractivity contribution in [2.24, 2.45) is 10.9 Å². The molecule has 1 saturated heterocycles. The Morgan fingerprint density at radius 1 is 1.50 bits per heavy atom. The Hall–Kier alpha value is -0.730. The minimum absolute atomic E-state index is 0.538. The molecule has 2 aliphatic heterocycles. The van der Waals surface area contributed by atoms with Gasteiger partial charge in [-0.1, -0.05) is 6.92 Å². The maximum Gasteiger partial charge on any atom is 0.194 e. The van der Waals surface area contributed by atoms with Gasteiger partial charge in [0.1, 0.15) is 0 Å². The van der Waals surface area contributed by atoms with Gasteiger partial charge < -0.3 is 10.2 Å². The van der Waals surface area contributed by atoms with Gasteiger partial charge in [-0.3, -0.25) is 4.99 Å². The molecule has 68 valence electrons. The van der Waals surface area contributed by atoms with Crippen molar-refractivity contribution in [1.29, 1.82) is 0 Å². The molecule has 3 heteroatoms. The highest BCUT2D eigenvalue weighted by molar-refractivity contribution is 5.82. The van der Waals surface area contributed by atoms with E-state index in [1.165, 1.54) is 19.5 Å². The molecule has 3 nitrogen and oxygen atoms in total. The summed E-state index contributed by atoms with van der Waals surface area (Å²) < 4.78 is 0. The highest BCUT2D eigenvalue weighted by Crippen LogP contribution is 2.16. The molecule has 0 aliphatic carbocycles. The smallest absolute Gasteiger partial charge is 0.194 e. The lowest BCUT2D eigenvalue weighted by Gasteiger charge is -2.18. The molecular formula is C9H17N3. The average molecular weight is 167 g/mol.